The molecule has 0 N–H and O–H groups in total. The van der Waals surface area contributed by atoms with Gasteiger partial charge in [0.15, 0.2) is 0 Å². The fourth-order valence-corrected chi connectivity index (χ4v) is 15.9. The van der Waals surface area contributed by atoms with Crippen LogP contribution in [0.25, 0.3) is 30.0 Å². The van der Waals surface area contributed by atoms with Crippen molar-refractivity contribution in [2.24, 2.45) is 0 Å². The smallest absolute Gasteiger partial charge is 0.0991 e. The van der Waals surface area contributed by atoms with Gasteiger partial charge in [-0.3, -0.25) is 0 Å². The molecule has 2 heterocycles. The Kier molecular flexibility index (Phi) is 12.0. The summed E-state index contributed by atoms with van der Waals surface area (Å²) in [6.45, 7) is 0. The molecule has 0 amide bonds. The normalized spacial score (nSPS) is 14.0. The standard InChI is InChI=1S/C42H26N2S8/c1-45-39-40(46-2)50-37(49-39)35-31-19-17-28(12-6-26-9-15-30(24-44)16-10-26)22-34(31)36(38-51-41(47-3)42(48-4)52-38)32-20-18-27(21-33(32)35)11-5-25-7-13-29(23-43)14-8-25/h7-10,13-22H,1-4H3. The van der Waals surface area contributed by atoms with Crippen molar-refractivity contribution in [1.82, 2.24) is 0 Å². The van der Waals surface area contributed by atoms with Crippen LogP contribution < -0.4 is 10.4 Å². The van der Waals surface area contributed by atoms with Gasteiger partial charge in [0.05, 0.1) is 48.7 Å². The summed E-state index contributed by atoms with van der Waals surface area (Å²) in [6, 6.07) is 32.5. The van der Waals surface area contributed by atoms with Crippen molar-refractivity contribution in [2.45, 2.75) is 0 Å². The molecule has 0 atom stereocenters. The third-order valence-corrected chi connectivity index (χ3v) is 18.5. The van der Waals surface area contributed by atoms with Crippen LogP contribution in [0, 0.1) is 46.3 Å². The summed E-state index contributed by atoms with van der Waals surface area (Å²) >= 11 is 14.7. The van der Waals surface area contributed by atoms with E-state index in [0.717, 1.165) is 22.3 Å². The highest BCUT2D eigenvalue weighted by molar-refractivity contribution is 8.46. The quantitative estimate of drug-likeness (QED) is 0.129. The lowest BCUT2D eigenvalue weighted by atomic mass is 9.96. The molecule has 0 radical (unpaired) electrons. The summed E-state index contributed by atoms with van der Waals surface area (Å²) in [7, 11) is 0. The first-order valence-electron chi connectivity index (χ1n) is 15.6. The van der Waals surface area contributed by atoms with E-state index in [2.05, 4.69) is 97.2 Å². The van der Waals surface area contributed by atoms with Gasteiger partial charge in [-0.1, -0.05) is 82.9 Å². The number of hydrogen-bond donors (Lipinski definition) is 0. The van der Waals surface area contributed by atoms with Gasteiger partial charge in [-0.15, -0.1) is 47.0 Å². The molecule has 0 saturated heterocycles. The largest absolute Gasteiger partial charge is 0.192 e. The van der Waals surface area contributed by atoms with E-state index in [4.69, 9.17) is 0 Å². The van der Waals surface area contributed by atoms with Gasteiger partial charge in [0.1, 0.15) is 0 Å². The molecule has 0 spiro atoms. The van der Waals surface area contributed by atoms with Gasteiger partial charge < -0.3 is 0 Å². The summed E-state index contributed by atoms with van der Waals surface area (Å²) in [6.07, 6.45) is 8.62. The number of hydrogen-bond acceptors (Lipinski definition) is 10. The van der Waals surface area contributed by atoms with E-state index in [1.165, 1.54) is 57.4 Å². The van der Waals surface area contributed by atoms with Gasteiger partial charge >= 0.3 is 0 Å². The van der Waals surface area contributed by atoms with E-state index in [9.17, 15) is 10.5 Å². The van der Waals surface area contributed by atoms with Gasteiger partial charge in [-0.2, -0.15) is 10.5 Å². The second-order valence-electron chi connectivity index (χ2n) is 11.1. The highest BCUT2D eigenvalue weighted by Gasteiger charge is 2.25. The van der Waals surface area contributed by atoms with Crippen LogP contribution in [0.4, 0.5) is 0 Å². The molecule has 0 fully saturated rings. The third-order valence-electron chi connectivity index (χ3n) is 8.07. The number of nitrogens with zero attached hydrogens (tertiary/aromatic N) is 2. The van der Waals surface area contributed by atoms with Crippen LogP contribution in [0.3, 0.4) is 0 Å². The molecule has 5 aromatic rings. The minimum Gasteiger partial charge on any atom is -0.192 e. The highest BCUT2D eigenvalue weighted by atomic mass is 32.3. The van der Waals surface area contributed by atoms with Crippen molar-refractivity contribution in [2.75, 3.05) is 25.0 Å². The number of benzene rings is 5. The number of rotatable bonds is 4. The fourth-order valence-electron chi connectivity index (χ4n) is 5.62. The number of thioether (sulfide) groups is 8. The lowest BCUT2D eigenvalue weighted by molar-refractivity contribution is 1.48. The molecule has 2 aliphatic rings. The molecule has 252 valence electrons. The minimum atomic E-state index is 0.624. The predicted molar refractivity (Wildman–Crippen MR) is 240 cm³/mol. The number of nitriles is 2. The van der Waals surface area contributed by atoms with Crippen molar-refractivity contribution in [3.63, 3.8) is 0 Å². The molecule has 0 aromatic heterocycles. The van der Waals surface area contributed by atoms with Crippen LogP contribution in [0.5, 0.6) is 0 Å². The molecule has 0 saturated carbocycles. The Labute approximate surface area is 338 Å². The molecule has 7 rings (SSSR count). The van der Waals surface area contributed by atoms with Crippen molar-refractivity contribution < 1.29 is 0 Å². The molecule has 2 nitrogen and oxygen atoms in total. The summed E-state index contributed by atoms with van der Waals surface area (Å²) < 4.78 is 7.86. The van der Waals surface area contributed by atoms with Crippen LogP contribution in [0.1, 0.15) is 33.4 Å². The average molecular weight is 815 g/mol. The zero-order valence-electron chi connectivity index (χ0n) is 28.2. The Hall–Kier alpha value is -3.26. The first kappa shape index (κ1) is 37.1. The van der Waals surface area contributed by atoms with Crippen LogP contribution >= 0.6 is 94.1 Å². The summed E-state index contributed by atoms with van der Waals surface area (Å²) in [4.78, 5) is 0. The highest BCUT2D eigenvalue weighted by Crippen LogP contribution is 2.58. The molecule has 5 aromatic carbocycles. The summed E-state index contributed by atoms with van der Waals surface area (Å²) in [5.74, 6) is 13.5. The average Bonchev–Trinajstić information content (AvgIpc) is 3.82. The predicted octanol–water partition coefficient (Wildman–Crippen LogP) is 11.3. The topological polar surface area (TPSA) is 47.6 Å². The minimum absolute atomic E-state index is 0.624. The van der Waals surface area contributed by atoms with E-state index in [0.29, 0.717) is 11.1 Å². The SMILES string of the molecule is CSC1=C(SC)SC(=c2c3ccc(C#Cc4ccc(C#N)cc4)cc3c(=C3SC(SC)=C(SC)S3)c3ccc(C#Cc4ccc(C#N)cc4)cc23)S1. The lowest BCUT2D eigenvalue weighted by Crippen LogP contribution is -2.17. The van der Waals surface area contributed by atoms with Gasteiger partial charge in [0.2, 0.25) is 0 Å². The first-order chi connectivity index (χ1) is 25.5. The maximum Gasteiger partial charge on any atom is 0.0991 e. The number of fused-ring (bicyclic) bond motifs is 2. The van der Waals surface area contributed by atoms with E-state index >= 15 is 0 Å². The molecule has 2 aliphatic heterocycles. The van der Waals surface area contributed by atoms with E-state index < -0.39 is 0 Å². The molecule has 52 heavy (non-hydrogen) atoms. The van der Waals surface area contributed by atoms with E-state index in [-0.39, 0.29) is 0 Å². The van der Waals surface area contributed by atoms with Gasteiger partial charge in [0.25, 0.3) is 0 Å². The molecular weight excluding hydrogens is 789 g/mol. The van der Waals surface area contributed by atoms with Crippen LogP contribution in [0.2, 0.25) is 0 Å². The first-order valence-corrected chi connectivity index (χ1v) is 23.8. The molecule has 0 aliphatic carbocycles. The Morgan fingerprint density at radius 3 is 0.981 bits per heavy atom. The Balaban J connectivity index is 1.52. The zero-order chi connectivity index (χ0) is 36.2. The van der Waals surface area contributed by atoms with Gasteiger partial charge in [0, 0.05) is 32.7 Å². The maximum atomic E-state index is 9.23. The van der Waals surface area contributed by atoms with Crippen LogP contribution in [0.15, 0.2) is 102 Å². The van der Waals surface area contributed by atoms with Crippen molar-refractivity contribution in [3.05, 3.63) is 146 Å². The maximum absolute atomic E-state index is 9.23. The lowest BCUT2D eigenvalue weighted by Gasteiger charge is -2.12. The summed E-state index contributed by atoms with van der Waals surface area (Å²) in [5.41, 5.74) is 4.87. The third kappa shape index (κ3) is 7.69. The van der Waals surface area contributed by atoms with E-state index in [1.807, 2.05) is 95.6 Å². The Morgan fingerprint density at radius 1 is 0.385 bits per heavy atom. The second-order valence-corrected chi connectivity index (χ2v) is 20.0. The van der Waals surface area contributed by atoms with Crippen LogP contribution in [-0.2, 0) is 0 Å². The molecular formula is C42H26N2S8. The van der Waals surface area contributed by atoms with Crippen molar-refractivity contribution >= 4 is 124 Å². The zero-order valence-corrected chi connectivity index (χ0v) is 34.8. The summed E-state index contributed by atoms with van der Waals surface area (Å²) in [5, 5.41) is 25.7. The fraction of sp³-hybridized carbons (Fsp3) is 0.0952. The monoisotopic (exact) mass is 814 g/mol. The van der Waals surface area contributed by atoms with Gasteiger partial charge in [-0.25, -0.2) is 0 Å². The van der Waals surface area contributed by atoms with Crippen molar-refractivity contribution in [1.29, 1.82) is 10.5 Å². The molecule has 0 unspecified atom stereocenters. The van der Waals surface area contributed by atoms with Crippen molar-refractivity contribution in [3.8, 4) is 35.8 Å². The van der Waals surface area contributed by atoms with E-state index in [1.54, 1.807) is 47.0 Å². The molecule has 10 heteroatoms. The Morgan fingerprint density at radius 2 is 0.673 bits per heavy atom. The van der Waals surface area contributed by atoms with Gasteiger partial charge in [-0.05, 0) is 119 Å². The van der Waals surface area contributed by atoms with Crippen LogP contribution in [-0.4, -0.2) is 25.0 Å². The Bertz CT molecular complexity index is 2470. The second kappa shape index (κ2) is 16.8. The molecule has 0 bridgehead atoms.